The molecule has 3 nitrogen and oxygen atoms in total. The SMILES string of the molecule is CCOc1cccc2c1[nH]c(=S)n2C1CCC(C)CC1. The van der Waals surface area contributed by atoms with Crippen molar-refractivity contribution >= 4 is 23.3 Å². The maximum absolute atomic E-state index is 5.70. The molecule has 1 heterocycles. The van der Waals surface area contributed by atoms with Crippen LogP contribution in [-0.2, 0) is 0 Å². The molecular weight excluding hydrogens is 268 g/mol. The zero-order valence-corrected chi connectivity index (χ0v) is 13.0. The van der Waals surface area contributed by atoms with Gasteiger partial charge in [-0.1, -0.05) is 13.0 Å². The maximum Gasteiger partial charge on any atom is 0.178 e. The average molecular weight is 290 g/mol. The van der Waals surface area contributed by atoms with Gasteiger partial charge < -0.3 is 14.3 Å². The van der Waals surface area contributed by atoms with E-state index in [1.165, 1.54) is 31.2 Å². The number of nitrogens with one attached hydrogen (secondary N) is 1. The normalized spacial score (nSPS) is 23.1. The van der Waals surface area contributed by atoms with E-state index >= 15 is 0 Å². The number of aromatic amines is 1. The third kappa shape index (κ3) is 2.37. The molecule has 0 radical (unpaired) electrons. The summed E-state index contributed by atoms with van der Waals surface area (Å²) in [5.74, 6) is 1.75. The van der Waals surface area contributed by atoms with Crippen molar-refractivity contribution in [2.24, 2.45) is 5.92 Å². The van der Waals surface area contributed by atoms with Gasteiger partial charge in [-0.2, -0.15) is 0 Å². The lowest BCUT2D eigenvalue weighted by molar-refractivity contribution is 0.292. The Hall–Kier alpha value is -1.29. The maximum atomic E-state index is 5.70. The Bertz CT molecular complexity index is 650. The van der Waals surface area contributed by atoms with E-state index in [2.05, 4.69) is 28.6 Å². The summed E-state index contributed by atoms with van der Waals surface area (Å²) in [5, 5.41) is 0. The van der Waals surface area contributed by atoms with Crippen LogP contribution in [0.1, 0.15) is 45.6 Å². The van der Waals surface area contributed by atoms with Crippen molar-refractivity contribution < 1.29 is 4.74 Å². The summed E-state index contributed by atoms with van der Waals surface area (Å²) in [6, 6.07) is 6.73. The minimum atomic E-state index is 0.532. The van der Waals surface area contributed by atoms with Crippen LogP contribution in [-0.4, -0.2) is 16.2 Å². The van der Waals surface area contributed by atoms with Crippen LogP contribution in [0.5, 0.6) is 5.75 Å². The summed E-state index contributed by atoms with van der Waals surface area (Å²) in [6.07, 6.45) is 5.04. The topological polar surface area (TPSA) is 29.9 Å². The molecule has 0 saturated heterocycles. The second-order valence-corrected chi connectivity index (χ2v) is 6.18. The van der Waals surface area contributed by atoms with E-state index in [-0.39, 0.29) is 0 Å². The Morgan fingerprint density at radius 2 is 2.05 bits per heavy atom. The third-order valence-electron chi connectivity index (χ3n) is 4.36. The predicted molar refractivity (Wildman–Crippen MR) is 85.0 cm³/mol. The van der Waals surface area contributed by atoms with Crippen LogP contribution < -0.4 is 4.74 Å². The summed E-state index contributed by atoms with van der Waals surface area (Å²) in [6.45, 7) is 5.02. The molecule has 1 aromatic carbocycles. The highest BCUT2D eigenvalue weighted by Crippen LogP contribution is 2.35. The third-order valence-corrected chi connectivity index (χ3v) is 4.66. The molecule has 0 atom stereocenters. The summed E-state index contributed by atoms with van der Waals surface area (Å²) in [4.78, 5) is 3.34. The van der Waals surface area contributed by atoms with Gasteiger partial charge in [-0.3, -0.25) is 0 Å². The second-order valence-electron chi connectivity index (χ2n) is 5.80. The molecule has 0 aliphatic heterocycles. The number of fused-ring (bicyclic) bond motifs is 1. The fraction of sp³-hybridized carbons (Fsp3) is 0.562. The summed E-state index contributed by atoms with van der Waals surface area (Å²) in [7, 11) is 0. The largest absolute Gasteiger partial charge is 0.492 e. The van der Waals surface area contributed by atoms with Gasteiger partial charge in [0.05, 0.1) is 12.1 Å². The number of H-pyrrole nitrogens is 1. The molecule has 0 amide bonds. The molecule has 0 bridgehead atoms. The van der Waals surface area contributed by atoms with E-state index < -0.39 is 0 Å². The number of ether oxygens (including phenoxy) is 1. The zero-order valence-electron chi connectivity index (χ0n) is 12.2. The van der Waals surface area contributed by atoms with E-state index in [0.29, 0.717) is 12.6 Å². The predicted octanol–water partition coefficient (Wildman–Crippen LogP) is 4.85. The molecule has 4 heteroatoms. The minimum absolute atomic E-state index is 0.532. The van der Waals surface area contributed by atoms with Gasteiger partial charge in [0, 0.05) is 6.04 Å². The number of para-hydroxylation sites is 1. The Morgan fingerprint density at radius 1 is 1.30 bits per heavy atom. The molecule has 0 unspecified atom stereocenters. The number of hydrogen-bond acceptors (Lipinski definition) is 2. The number of hydrogen-bond donors (Lipinski definition) is 1. The zero-order chi connectivity index (χ0) is 14.1. The molecule has 3 rings (SSSR count). The Kier molecular flexibility index (Phi) is 3.83. The molecule has 20 heavy (non-hydrogen) atoms. The minimum Gasteiger partial charge on any atom is -0.492 e. The first-order chi connectivity index (χ1) is 9.70. The van der Waals surface area contributed by atoms with E-state index in [0.717, 1.165) is 22.0 Å². The summed E-state index contributed by atoms with van der Waals surface area (Å²) >= 11 is 5.56. The van der Waals surface area contributed by atoms with Gasteiger partial charge in [-0.25, -0.2) is 0 Å². The van der Waals surface area contributed by atoms with E-state index in [9.17, 15) is 0 Å². The molecule has 1 aliphatic rings. The van der Waals surface area contributed by atoms with Crippen LogP contribution in [0.25, 0.3) is 11.0 Å². The fourth-order valence-electron chi connectivity index (χ4n) is 3.26. The molecule has 1 aliphatic carbocycles. The first-order valence-corrected chi connectivity index (χ1v) is 7.97. The lowest BCUT2D eigenvalue weighted by Crippen LogP contribution is -2.16. The van der Waals surface area contributed by atoms with E-state index in [1.807, 2.05) is 13.0 Å². The molecule has 108 valence electrons. The van der Waals surface area contributed by atoms with Crippen molar-refractivity contribution in [1.82, 2.24) is 9.55 Å². The van der Waals surface area contributed by atoms with Crippen molar-refractivity contribution in [3.63, 3.8) is 0 Å². The number of benzene rings is 1. The highest BCUT2D eigenvalue weighted by Gasteiger charge is 2.22. The van der Waals surface area contributed by atoms with Gasteiger partial charge >= 0.3 is 0 Å². The van der Waals surface area contributed by atoms with Gasteiger partial charge in [0.25, 0.3) is 0 Å². The number of rotatable bonds is 3. The molecule has 1 aromatic heterocycles. The van der Waals surface area contributed by atoms with Crippen molar-refractivity contribution in [2.75, 3.05) is 6.61 Å². The van der Waals surface area contributed by atoms with Gasteiger partial charge in [-0.15, -0.1) is 0 Å². The number of aromatic nitrogens is 2. The van der Waals surface area contributed by atoms with E-state index in [4.69, 9.17) is 17.0 Å². The van der Waals surface area contributed by atoms with Gasteiger partial charge in [-0.05, 0) is 62.9 Å². The summed E-state index contributed by atoms with van der Waals surface area (Å²) < 4.78 is 8.83. The number of nitrogens with zero attached hydrogens (tertiary/aromatic N) is 1. The Balaban J connectivity index is 2.05. The standard InChI is InChI=1S/C16H22N2OS/c1-3-19-14-6-4-5-13-15(14)17-16(20)18(13)12-9-7-11(2)8-10-12/h4-6,11-12H,3,7-10H2,1-2H3,(H,17,20). The van der Waals surface area contributed by atoms with Crippen molar-refractivity contribution in [3.05, 3.63) is 23.0 Å². The molecule has 1 saturated carbocycles. The first-order valence-electron chi connectivity index (χ1n) is 7.56. The second kappa shape index (κ2) is 5.60. The Labute approximate surface area is 125 Å². The van der Waals surface area contributed by atoms with Crippen LogP contribution in [0.2, 0.25) is 0 Å². The lowest BCUT2D eigenvalue weighted by Gasteiger charge is -2.27. The van der Waals surface area contributed by atoms with Crippen molar-refractivity contribution in [2.45, 2.75) is 45.6 Å². The lowest BCUT2D eigenvalue weighted by atomic mass is 9.87. The molecule has 2 aromatic rings. The van der Waals surface area contributed by atoms with Crippen LogP contribution in [0.15, 0.2) is 18.2 Å². The van der Waals surface area contributed by atoms with Crippen molar-refractivity contribution in [1.29, 1.82) is 0 Å². The van der Waals surface area contributed by atoms with Crippen LogP contribution in [0, 0.1) is 10.7 Å². The van der Waals surface area contributed by atoms with Crippen LogP contribution >= 0.6 is 12.2 Å². The molecular formula is C16H22N2OS. The fourth-order valence-corrected chi connectivity index (χ4v) is 3.61. The van der Waals surface area contributed by atoms with Gasteiger partial charge in [0.2, 0.25) is 0 Å². The first kappa shape index (κ1) is 13.7. The van der Waals surface area contributed by atoms with Crippen LogP contribution in [0.4, 0.5) is 0 Å². The van der Waals surface area contributed by atoms with Crippen LogP contribution in [0.3, 0.4) is 0 Å². The highest BCUT2D eigenvalue weighted by molar-refractivity contribution is 7.71. The van der Waals surface area contributed by atoms with Gasteiger partial charge in [0.15, 0.2) is 4.77 Å². The monoisotopic (exact) mass is 290 g/mol. The average Bonchev–Trinajstić information content (AvgIpc) is 2.78. The molecule has 1 N–H and O–H groups in total. The van der Waals surface area contributed by atoms with E-state index in [1.54, 1.807) is 0 Å². The molecule has 0 spiro atoms. The Morgan fingerprint density at radius 3 is 2.75 bits per heavy atom. The quantitative estimate of drug-likeness (QED) is 0.819. The number of imidazole rings is 1. The molecule has 1 fully saturated rings. The highest BCUT2D eigenvalue weighted by atomic mass is 32.1. The summed E-state index contributed by atoms with van der Waals surface area (Å²) in [5.41, 5.74) is 2.22. The smallest absolute Gasteiger partial charge is 0.178 e. The van der Waals surface area contributed by atoms with Gasteiger partial charge in [0.1, 0.15) is 11.3 Å². The van der Waals surface area contributed by atoms with Crippen molar-refractivity contribution in [3.8, 4) is 5.75 Å².